The van der Waals surface area contributed by atoms with Crippen LogP contribution in [0.1, 0.15) is 17.0 Å². The summed E-state index contributed by atoms with van der Waals surface area (Å²) in [6, 6.07) is 16.6. The van der Waals surface area contributed by atoms with Crippen LogP contribution in [0.2, 0.25) is 0 Å². The number of anilines is 1. The first-order valence-corrected chi connectivity index (χ1v) is 11.6. The molecule has 2 aromatic carbocycles. The van der Waals surface area contributed by atoms with Gasteiger partial charge in [-0.2, -0.15) is 0 Å². The molecule has 0 amide bonds. The van der Waals surface area contributed by atoms with Crippen LogP contribution in [0.4, 0.5) is 5.69 Å². The van der Waals surface area contributed by atoms with Gasteiger partial charge in [0.1, 0.15) is 10.7 Å². The summed E-state index contributed by atoms with van der Waals surface area (Å²) >= 11 is 1.54. The number of piperazine rings is 1. The first-order chi connectivity index (χ1) is 15.1. The summed E-state index contributed by atoms with van der Waals surface area (Å²) < 4.78 is 0. The molecule has 158 valence electrons. The van der Waals surface area contributed by atoms with Crippen molar-refractivity contribution < 1.29 is 0 Å². The van der Waals surface area contributed by atoms with E-state index in [-0.39, 0.29) is 5.56 Å². The quantitative estimate of drug-likeness (QED) is 0.514. The van der Waals surface area contributed by atoms with Gasteiger partial charge in [0.25, 0.3) is 5.56 Å². The van der Waals surface area contributed by atoms with Crippen LogP contribution in [0.25, 0.3) is 21.3 Å². The lowest BCUT2D eigenvalue weighted by Gasteiger charge is -2.36. The second-order valence-corrected chi connectivity index (χ2v) is 9.05. The maximum Gasteiger partial charge on any atom is 0.260 e. The Morgan fingerprint density at radius 2 is 1.77 bits per heavy atom. The SMILES string of the molecule is Cc1cccc(N2CCN(Cc3nc4scc(-c5ccccc5)c4c(=O)[nH]3)CC2)c1C. The highest BCUT2D eigenvalue weighted by atomic mass is 32.1. The van der Waals surface area contributed by atoms with E-state index in [2.05, 4.69) is 46.8 Å². The highest BCUT2D eigenvalue weighted by Gasteiger charge is 2.20. The van der Waals surface area contributed by atoms with Crippen LogP contribution in [0.5, 0.6) is 0 Å². The number of aromatic nitrogens is 2. The van der Waals surface area contributed by atoms with E-state index in [1.807, 2.05) is 35.7 Å². The third-order valence-electron chi connectivity index (χ3n) is 6.24. The van der Waals surface area contributed by atoms with Crippen molar-refractivity contribution in [1.29, 1.82) is 0 Å². The molecule has 1 saturated heterocycles. The Morgan fingerprint density at radius 3 is 2.55 bits per heavy atom. The minimum atomic E-state index is -0.0471. The van der Waals surface area contributed by atoms with E-state index < -0.39 is 0 Å². The Kier molecular flexibility index (Phi) is 5.34. The number of hydrogen-bond acceptors (Lipinski definition) is 5. The summed E-state index contributed by atoms with van der Waals surface area (Å²) in [5, 5.41) is 2.73. The number of aryl methyl sites for hydroxylation is 1. The number of rotatable bonds is 4. The molecule has 4 aromatic rings. The topological polar surface area (TPSA) is 52.2 Å². The largest absolute Gasteiger partial charge is 0.369 e. The first-order valence-electron chi connectivity index (χ1n) is 10.7. The molecule has 31 heavy (non-hydrogen) atoms. The van der Waals surface area contributed by atoms with Gasteiger partial charge in [-0.05, 0) is 36.6 Å². The Hall–Kier alpha value is -2.96. The third kappa shape index (κ3) is 3.89. The van der Waals surface area contributed by atoms with Gasteiger partial charge in [-0.25, -0.2) is 4.98 Å². The zero-order valence-corrected chi connectivity index (χ0v) is 18.7. The van der Waals surface area contributed by atoms with Crippen molar-refractivity contribution in [3.8, 4) is 11.1 Å². The summed E-state index contributed by atoms with van der Waals surface area (Å²) in [5.41, 5.74) is 5.99. The molecule has 2 aromatic heterocycles. The van der Waals surface area contributed by atoms with Gasteiger partial charge in [0, 0.05) is 42.8 Å². The number of fused-ring (bicyclic) bond motifs is 1. The number of hydrogen-bond donors (Lipinski definition) is 1. The van der Waals surface area contributed by atoms with E-state index in [4.69, 9.17) is 4.98 Å². The van der Waals surface area contributed by atoms with Gasteiger partial charge in [0.05, 0.1) is 11.9 Å². The summed E-state index contributed by atoms with van der Waals surface area (Å²) in [6.45, 7) is 8.91. The van der Waals surface area contributed by atoms with E-state index in [0.29, 0.717) is 11.9 Å². The first kappa shape index (κ1) is 20.0. The van der Waals surface area contributed by atoms with Gasteiger partial charge < -0.3 is 9.88 Å². The Labute approximate surface area is 186 Å². The summed E-state index contributed by atoms with van der Waals surface area (Å²) in [7, 11) is 0. The lowest BCUT2D eigenvalue weighted by atomic mass is 10.1. The summed E-state index contributed by atoms with van der Waals surface area (Å²) in [6.07, 6.45) is 0. The minimum Gasteiger partial charge on any atom is -0.369 e. The summed E-state index contributed by atoms with van der Waals surface area (Å²) in [4.78, 5) is 26.4. The number of aromatic amines is 1. The number of benzene rings is 2. The predicted molar refractivity (Wildman–Crippen MR) is 129 cm³/mol. The van der Waals surface area contributed by atoms with Crippen LogP contribution in [-0.2, 0) is 6.54 Å². The molecule has 0 bridgehead atoms. The molecule has 1 aliphatic rings. The molecule has 1 N–H and O–H groups in total. The van der Waals surface area contributed by atoms with Crippen LogP contribution in [0, 0.1) is 13.8 Å². The van der Waals surface area contributed by atoms with Crippen molar-refractivity contribution in [1.82, 2.24) is 14.9 Å². The molecule has 3 heterocycles. The molecule has 5 nitrogen and oxygen atoms in total. The normalized spacial score (nSPS) is 15.0. The number of nitrogens with one attached hydrogen (secondary N) is 1. The molecular weight excluding hydrogens is 404 g/mol. The molecule has 0 aliphatic carbocycles. The van der Waals surface area contributed by atoms with E-state index in [0.717, 1.165) is 48.0 Å². The average Bonchev–Trinajstić information content (AvgIpc) is 3.22. The van der Waals surface area contributed by atoms with Crippen molar-refractivity contribution in [2.75, 3.05) is 31.1 Å². The van der Waals surface area contributed by atoms with Gasteiger partial charge in [0.2, 0.25) is 0 Å². The summed E-state index contributed by atoms with van der Waals surface area (Å²) in [5.74, 6) is 0.749. The lowest BCUT2D eigenvalue weighted by molar-refractivity contribution is 0.244. The van der Waals surface area contributed by atoms with Crippen molar-refractivity contribution in [3.63, 3.8) is 0 Å². The number of H-pyrrole nitrogens is 1. The van der Waals surface area contributed by atoms with E-state index in [1.165, 1.54) is 16.8 Å². The molecule has 6 heteroatoms. The van der Waals surface area contributed by atoms with Crippen LogP contribution >= 0.6 is 11.3 Å². The molecule has 1 fully saturated rings. The second kappa shape index (κ2) is 8.29. The maximum atomic E-state index is 12.9. The van der Waals surface area contributed by atoms with Gasteiger partial charge in [0.15, 0.2) is 0 Å². The maximum absolute atomic E-state index is 12.9. The molecular formula is C25H26N4OS. The molecule has 1 aliphatic heterocycles. The second-order valence-electron chi connectivity index (χ2n) is 8.19. The molecule has 0 radical (unpaired) electrons. The van der Waals surface area contributed by atoms with Gasteiger partial charge in [-0.15, -0.1) is 11.3 Å². The Balaban J connectivity index is 1.32. The fraction of sp³-hybridized carbons (Fsp3) is 0.280. The van der Waals surface area contributed by atoms with E-state index in [9.17, 15) is 4.79 Å². The monoisotopic (exact) mass is 430 g/mol. The molecule has 0 spiro atoms. The van der Waals surface area contributed by atoms with Crippen LogP contribution in [-0.4, -0.2) is 41.0 Å². The van der Waals surface area contributed by atoms with Crippen molar-refractivity contribution in [2.24, 2.45) is 0 Å². The van der Waals surface area contributed by atoms with Crippen LogP contribution in [0.3, 0.4) is 0 Å². The lowest BCUT2D eigenvalue weighted by Crippen LogP contribution is -2.46. The smallest absolute Gasteiger partial charge is 0.260 e. The van der Waals surface area contributed by atoms with Crippen molar-refractivity contribution in [3.05, 3.63) is 81.2 Å². The highest BCUT2D eigenvalue weighted by Crippen LogP contribution is 2.30. The molecule has 0 unspecified atom stereocenters. The van der Waals surface area contributed by atoms with Gasteiger partial charge >= 0.3 is 0 Å². The third-order valence-corrected chi connectivity index (χ3v) is 7.11. The van der Waals surface area contributed by atoms with Crippen molar-refractivity contribution >= 4 is 27.2 Å². The number of thiophene rings is 1. The van der Waals surface area contributed by atoms with Crippen LogP contribution in [0.15, 0.2) is 58.7 Å². The zero-order valence-electron chi connectivity index (χ0n) is 17.9. The van der Waals surface area contributed by atoms with E-state index >= 15 is 0 Å². The highest BCUT2D eigenvalue weighted by molar-refractivity contribution is 7.17. The molecule has 0 saturated carbocycles. The fourth-order valence-electron chi connectivity index (χ4n) is 4.34. The molecule has 0 atom stereocenters. The van der Waals surface area contributed by atoms with Gasteiger partial charge in [-0.1, -0.05) is 42.5 Å². The average molecular weight is 431 g/mol. The predicted octanol–water partition coefficient (Wildman–Crippen LogP) is 4.59. The minimum absolute atomic E-state index is 0.0471. The zero-order chi connectivity index (χ0) is 21.4. The van der Waals surface area contributed by atoms with E-state index in [1.54, 1.807) is 11.3 Å². The number of nitrogens with zero attached hydrogens (tertiary/aromatic N) is 3. The fourth-order valence-corrected chi connectivity index (χ4v) is 5.30. The Bertz CT molecular complexity index is 1270. The van der Waals surface area contributed by atoms with Gasteiger partial charge in [-0.3, -0.25) is 9.69 Å². The van der Waals surface area contributed by atoms with Crippen LogP contribution < -0.4 is 10.5 Å². The standard InChI is InChI=1S/C25H26N4OS/c1-17-7-6-10-21(18(17)2)29-13-11-28(12-14-29)15-22-26-24(30)23-20(16-31-25(23)27-22)19-8-4-3-5-9-19/h3-10,16H,11-15H2,1-2H3,(H,26,27,30). The van der Waals surface area contributed by atoms with Crippen molar-refractivity contribution in [2.45, 2.75) is 20.4 Å². The molecule has 5 rings (SSSR count). The Morgan fingerprint density at radius 1 is 1.00 bits per heavy atom.